The van der Waals surface area contributed by atoms with Crippen LogP contribution in [-0.4, -0.2) is 27.5 Å². The number of hydrogen-bond acceptors (Lipinski definition) is 3. The lowest BCUT2D eigenvalue weighted by molar-refractivity contribution is -0.149. The molecular weight excluding hydrogens is 280 g/mol. The summed E-state index contributed by atoms with van der Waals surface area (Å²) in [5.41, 5.74) is -0.391. The molecule has 0 aromatic carbocycles. The van der Waals surface area contributed by atoms with Gasteiger partial charge in [0.1, 0.15) is 10.7 Å². The molecule has 1 aromatic heterocycles. The van der Waals surface area contributed by atoms with Gasteiger partial charge in [0.2, 0.25) is 5.91 Å². The molecular formula is C14H17ClN2O3. The molecule has 0 bridgehead atoms. The van der Waals surface area contributed by atoms with E-state index in [9.17, 15) is 14.7 Å². The van der Waals surface area contributed by atoms with Crippen molar-refractivity contribution in [2.75, 3.05) is 0 Å². The van der Waals surface area contributed by atoms with Crippen molar-refractivity contribution in [3.8, 4) is 0 Å². The van der Waals surface area contributed by atoms with E-state index in [1.54, 1.807) is 12.1 Å². The third-order valence-corrected chi connectivity index (χ3v) is 3.87. The van der Waals surface area contributed by atoms with Gasteiger partial charge in [-0.25, -0.2) is 9.78 Å². The van der Waals surface area contributed by atoms with Crippen molar-refractivity contribution in [3.05, 3.63) is 29.0 Å². The van der Waals surface area contributed by atoms with E-state index in [2.05, 4.69) is 10.3 Å². The monoisotopic (exact) mass is 296 g/mol. The maximum atomic E-state index is 12.0. The first-order valence-electron chi connectivity index (χ1n) is 6.67. The van der Waals surface area contributed by atoms with Gasteiger partial charge < -0.3 is 10.4 Å². The van der Waals surface area contributed by atoms with E-state index in [0.717, 1.165) is 19.3 Å². The van der Waals surface area contributed by atoms with Gasteiger partial charge in [-0.3, -0.25) is 4.79 Å². The number of rotatable bonds is 4. The fourth-order valence-electron chi connectivity index (χ4n) is 2.56. The summed E-state index contributed by atoms with van der Waals surface area (Å²) in [5, 5.41) is 12.5. The Balaban J connectivity index is 2.01. The molecule has 0 unspecified atom stereocenters. The van der Waals surface area contributed by atoms with Crippen LogP contribution in [0.4, 0.5) is 0 Å². The number of nitrogens with zero attached hydrogens (tertiary/aromatic N) is 1. The number of carboxylic acid groups (broad SMARTS) is 1. The highest BCUT2D eigenvalue weighted by Crippen LogP contribution is 2.28. The molecule has 0 saturated heterocycles. The van der Waals surface area contributed by atoms with Gasteiger partial charge in [-0.15, -0.1) is 0 Å². The summed E-state index contributed by atoms with van der Waals surface area (Å²) in [7, 11) is 0. The van der Waals surface area contributed by atoms with Crippen molar-refractivity contribution in [2.24, 2.45) is 0 Å². The first kappa shape index (κ1) is 14.8. The van der Waals surface area contributed by atoms with Gasteiger partial charge >= 0.3 is 5.97 Å². The van der Waals surface area contributed by atoms with Crippen molar-refractivity contribution < 1.29 is 14.7 Å². The molecule has 1 saturated carbocycles. The van der Waals surface area contributed by atoms with Gasteiger partial charge in [-0.2, -0.15) is 0 Å². The van der Waals surface area contributed by atoms with Crippen LogP contribution >= 0.6 is 11.6 Å². The number of carbonyl (C=O) groups is 2. The molecule has 0 aliphatic heterocycles. The molecule has 1 aliphatic rings. The highest BCUT2D eigenvalue weighted by atomic mass is 35.5. The van der Waals surface area contributed by atoms with Gasteiger partial charge in [-0.1, -0.05) is 36.9 Å². The molecule has 20 heavy (non-hydrogen) atoms. The van der Waals surface area contributed by atoms with Gasteiger partial charge in [0, 0.05) is 6.20 Å². The summed E-state index contributed by atoms with van der Waals surface area (Å²) in [5.74, 6) is -1.24. The summed E-state index contributed by atoms with van der Waals surface area (Å²) < 4.78 is 0. The standard InChI is InChI=1S/C14H17ClN2O3/c15-11-5-4-10(9-16-11)8-12(18)17-14(13(19)20)6-2-1-3-7-14/h4-5,9H,1-3,6-8H2,(H,17,18)(H,19,20). The van der Waals surface area contributed by atoms with Crippen LogP contribution in [0, 0.1) is 0 Å². The van der Waals surface area contributed by atoms with Crippen molar-refractivity contribution >= 4 is 23.5 Å². The summed E-state index contributed by atoms with van der Waals surface area (Å²) in [4.78, 5) is 27.4. The smallest absolute Gasteiger partial charge is 0.329 e. The molecule has 5 nitrogen and oxygen atoms in total. The maximum Gasteiger partial charge on any atom is 0.329 e. The number of aromatic nitrogens is 1. The first-order valence-corrected chi connectivity index (χ1v) is 7.04. The van der Waals surface area contributed by atoms with E-state index in [1.807, 2.05) is 0 Å². The normalized spacial score (nSPS) is 17.4. The van der Waals surface area contributed by atoms with Crippen LogP contribution in [-0.2, 0) is 16.0 Å². The minimum atomic E-state index is -1.10. The molecule has 0 spiro atoms. The molecule has 1 fully saturated rings. The predicted molar refractivity (Wildman–Crippen MR) is 74.5 cm³/mol. The van der Waals surface area contributed by atoms with E-state index in [-0.39, 0.29) is 12.3 Å². The SMILES string of the molecule is O=C(Cc1ccc(Cl)nc1)NC1(C(=O)O)CCCCC1. The Kier molecular flexibility index (Phi) is 4.60. The highest BCUT2D eigenvalue weighted by molar-refractivity contribution is 6.29. The Hall–Kier alpha value is -1.62. The molecule has 6 heteroatoms. The second-order valence-corrected chi connectivity index (χ2v) is 5.55. The van der Waals surface area contributed by atoms with Crippen molar-refractivity contribution in [2.45, 2.75) is 44.1 Å². The zero-order valence-corrected chi connectivity index (χ0v) is 11.8. The Morgan fingerprint density at radius 1 is 1.30 bits per heavy atom. The van der Waals surface area contributed by atoms with Gasteiger partial charge in [0.15, 0.2) is 0 Å². The number of aliphatic carboxylic acids is 1. The predicted octanol–water partition coefficient (Wildman–Crippen LogP) is 2.18. The molecule has 0 radical (unpaired) electrons. The largest absolute Gasteiger partial charge is 0.480 e. The van der Waals surface area contributed by atoms with E-state index in [1.165, 1.54) is 6.20 Å². The number of pyridine rings is 1. The van der Waals surface area contributed by atoms with Crippen molar-refractivity contribution in [1.82, 2.24) is 10.3 Å². The lowest BCUT2D eigenvalue weighted by Crippen LogP contribution is -2.55. The first-order chi connectivity index (χ1) is 9.52. The number of hydrogen-bond donors (Lipinski definition) is 2. The molecule has 1 aromatic rings. The fraction of sp³-hybridized carbons (Fsp3) is 0.500. The average Bonchev–Trinajstić information content (AvgIpc) is 2.42. The average molecular weight is 297 g/mol. The molecule has 108 valence electrons. The number of carbonyl (C=O) groups excluding carboxylic acids is 1. The van der Waals surface area contributed by atoms with Crippen molar-refractivity contribution in [1.29, 1.82) is 0 Å². The molecule has 2 rings (SSSR count). The minimum absolute atomic E-state index is 0.110. The van der Waals surface area contributed by atoms with E-state index >= 15 is 0 Å². The number of nitrogens with one attached hydrogen (secondary N) is 1. The number of amides is 1. The number of carboxylic acids is 1. The van der Waals surface area contributed by atoms with E-state index < -0.39 is 11.5 Å². The summed E-state index contributed by atoms with van der Waals surface area (Å²) in [6.45, 7) is 0. The van der Waals surface area contributed by atoms with Gasteiger partial charge in [0.25, 0.3) is 0 Å². The second kappa shape index (κ2) is 6.22. The van der Waals surface area contributed by atoms with Crippen LogP contribution < -0.4 is 5.32 Å². The third-order valence-electron chi connectivity index (χ3n) is 3.65. The lowest BCUT2D eigenvalue weighted by Gasteiger charge is -2.34. The van der Waals surface area contributed by atoms with Crippen molar-refractivity contribution in [3.63, 3.8) is 0 Å². The summed E-state index contributed by atoms with van der Waals surface area (Å²) in [6.07, 6.45) is 5.30. The maximum absolute atomic E-state index is 12.0. The lowest BCUT2D eigenvalue weighted by atomic mass is 9.81. The minimum Gasteiger partial charge on any atom is -0.480 e. The van der Waals surface area contributed by atoms with Gasteiger partial charge in [-0.05, 0) is 24.5 Å². The molecule has 0 atom stereocenters. The molecule has 1 heterocycles. The fourth-order valence-corrected chi connectivity index (χ4v) is 2.67. The van der Waals surface area contributed by atoms with Crippen LogP contribution in [0.5, 0.6) is 0 Å². The van der Waals surface area contributed by atoms with Crippen LogP contribution in [0.2, 0.25) is 5.15 Å². The Labute approximate surface area is 122 Å². The summed E-state index contributed by atoms with van der Waals surface area (Å²) >= 11 is 5.68. The molecule has 1 amide bonds. The third kappa shape index (κ3) is 3.48. The van der Waals surface area contributed by atoms with E-state index in [0.29, 0.717) is 23.6 Å². The topological polar surface area (TPSA) is 79.3 Å². The quantitative estimate of drug-likeness (QED) is 0.835. The Morgan fingerprint density at radius 3 is 2.55 bits per heavy atom. The van der Waals surface area contributed by atoms with Gasteiger partial charge in [0.05, 0.1) is 6.42 Å². The van der Waals surface area contributed by atoms with Crippen LogP contribution in [0.1, 0.15) is 37.7 Å². The number of halogens is 1. The Bertz CT molecular complexity index is 496. The van der Waals surface area contributed by atoms with Crippen LogP contribution in [0.15, 0.2) is 18.3 Å². The zero-order valence-electron chi connectivity index (χ0n) is 11.1. The Morgan fingerprint density at radius 2 is 2.00 bits per heavy atom. The molecule has 2 N–H and O–H groups in total. The van der Waals surface area contributed by atoms with Crippen LogP contribution in [0.25, 0.3) is 0 Å². The van der Waals surface area contributed by atoms with Crippen LogP contribution in [0.3, 0.4) is 0 Å². The molecule has 1 aliphatic carbocycles. The summed E-state index contributed by atoms with van der Waals surface area (Å²) in [6, 6.07) is 3.32. The van der Waals surface area contributed by atoms with E-state index in [4.69, 9.17) is 11.6 Å². The highest BCUT2D eigenvalue weighted by Gasteiger charge is 2.40. The zero-order chi connectivity index (χ0) is 14.6. The second-order valence-electron chi connectivity index (χ2n) is 5.16.